The highest BCUT2D eigenvalue weighted by Gasteiger charge is 2.34. The van der Waals surface area contributed by atoms with Crippen LogP contribution in [0.1, 0.15) is 90.4 Å². The van der Waals surface area contributed by atoms with Gasteiger partial charge in [-0.3, -0.25) is 4.99 Å². The van der Waals surface area contributed by atoms with E-state index in [0.717, 1.165) is 31.5 Å². The summed E-state index contributed by atoms with van der Waals surface area (Å²) < 4.78 is 11.0. The summed E-state index contributed by atoms with van der Waals surface area (Å²) in [6.07, 6.45) is 17.3. The highest BCUT2D eigenvalue weighted by molar-refractivity contribution is 5.85. The van der Waals surface area contributed by atoms with Crippen molar-refractivity contribution in [2.24, 2.45) is 16.8 Å². The second-order valence-corrected chi connectivity index (χ2v) is 8.07. The molecule has 1 saturated heterocycles. The molecule has 3 aliphatic rings. The number of nitrogens with zero attached hydrogens (tertiary/aromatic N) is 1. The first-order valence-corrected chi connectivity index (χ1v) is 10.7. The molecule has 0 bridgehead atoms. The lowest BCUT2D eigenvalue weighted by atomic mass is 9.70. The molecule has 0 N–H and O–H groups in total. The zero-order valence-corrected chi connectivity index (χ0v) is 15.7. The van der Waals surface area contributed by atoms with Gasteiger partial charge >= 0.3 is 0 Å². The van der Waals surface area contributed by atoms with Gasteiger partial charge in [-0.1, -0.05) is 45.4 Å². The summed E-state index contributed by atoms with van der Waals surface area (Å²) in [5.74, 6) is 1.87. The van der Waals surface area contributed by atoms with Gasteiger partial charge in [0.15, 0.2) is 6.29 Å². The minimum absolute atomic E-state index is 0.0740. The van der Waals surface area contributed by atoms with E-state index in [0.29, 0.717) is 6.04 Å². The smallest absolute Gasteiger partial charge is 0.157 e. The van der Waals surface area contributed by atoms with Gasteiger partial charge in [0.1, 0.15) is 0 Å². The first-order valence-electron chi connectivity index (χ1n) is 10.7. The van der Waals surface area contributed by atoms with Crippen LogP contribution in [0.2, 0.25) is 0 Å². The fourth-order valence-electron chi connectivity index (χ4n) is 4.97. The van der Waals surface area contributed by atoms with Gasteiger partial charge < -0.3 is 9.47 Å². The van der Waals surface area contributed by atoms with Gasteiger partial charge in [-0.2, -0.15) is 0 Å². The summed E-state index contributed by atoms with van der Waals surface area (Å²) in [5, 5.41) is 0. The van der Waals surface area contributed by atoms with Crippen molar-refractivity contribution in [2.45, 2.75) is 103 Å². The normalized spacial score (nSPS) is 31.0. The molecule has 3 nitrogen and oxygen atoms in total. The molecule has 0 aromatic carbocycles. The third-order valence-electron chi connectivity index (χ3n) is 6.31. The summed E-state index contributed by atoms with van der Waals surface area (Å²) in [6, 6.07) is 0.663. The fraction of sp³-hybridized carbons (Fsp3) is 0.952. The van der Waals surface area contributed by atoms with Crippen molar-refractivity contribution in [1.29, 1.82) is 0 Å². The number of ether oxygens (including phenoxy) is 2. The summed E-state index contributed by atoms with van der Waals surface area (Å²) in [6.45, 7) is 3.87. The third kappa shape index (κ3) is 5.29. The monoisotopic (exact) mass is 335 g/mol. The number of hydrogen-bond donors (Lipinski definition) is 0. The number of aliphatic imine (C=N–C) groups is 1. The minimum Gasteiger partial charge on any atom is -0.350 e. The maximum absolute atomic E-state index is 5.52. The van der Waals surface area contributed by atoms with Gasteiger partial charge in [-0.05, 0) is 56.8 Å². The minimum atomic E-state index is 0.0740. The quantitative estimate of drug-likeness (QED) is 0.519. The van der Waals surface area contributed by atoms with E-state index in [9.17, 15) is 0 Å². The van der Waals surface area contributed by atoms with Crippen LogP contribution >= 0.6 is 0 Å². The third-order valence-corrected chi connectivity index (χ3v) is 6.31. The zero-order chi connectivity index (χ0) is 16.6. The van der Waals surface area contributed by atoms with Crippen LogP contribution in [-0.2, 0) is 9.47 Å². The van der Waals surface area contributed by atoms with Crippen molar-refractivity contribution < 1.29 is 9.47 Å². The van der Waals surface area contributed by atoms with Gasteiger partial charge in [-0.25, -0.2) is 0 Å². The molecule has 2 unspecified atom stereocenters. The molecule has 138 valence electrons. The van der Waals surface area contributed by atoms with Crippen LogP contribution < -0.4 is 0 Å². The molecule has 0 aromatic heterocycles. The molecular formula is C21H37NO2. The molecule has 3 atom stereocenters. The number of rotatable bonds is 9. The number of fused-ring (bicyclic) bond motifs is 1. The average molecular weight is 336 g/mol. The largest absolute Gasteiger partial charge is 0.350 e. The Morgan fingerprint density at radius 3 is 2.62 bits per heavy atom. The van der Waals surface area contributed by atoms with E-state index in [1.165, 1.54) is 82.8 Å². The Kier molecular flexibility index (Phi) is 7.59. The van der Waals surface area contributed by atoms with Crippen molar-refractivity contribution >= 4 is 5.71 Å². The Morgan fingerprint density at radius 1 is 0.958 bits per heavy atom. The molecule has 0 amide bonds. The molecule has 2 aliphatic heterocycles. The van der Waals surface area contributed by atoms with Gasteiger partial charge in [0, 0.05) is 5.71 Å². The van der Waals surface area contributed by atoms with Crippen molar-refractivity contribution in [3.63, 3.8) is 0 Å². The van der Waals surface area contributed by atoms with E-state index >= 15 is 0 Å². The van der Waals surface area contributed by atoms with Crippen LogP contribution in [0.5, 0.6) is 0 Å². The molecular weight excluding hydrogens is 298 g/mol. The molecule has 0 aromatic rings. The average Bonchev–Trinajstić information content (AvgIpc) is 3.12. The molecule has 2 fully saturated rings. The first kappa shape index (κ1) is 18.4. The van der Waals surface area contributed by atoms with E-state index in [1.54, 1.807) is 0 Å². The highest BCUT2D eigenvalue weighted by atomic mass is 16.7. The zero-order valence-electron chi connectivity index (χ0n) is 15.7. The van der Waals surface area contributed by atoms with Gasteiger partial charge in [0.25, 0.3) is 0 Å². The lowest BCUT2D eigenvalue weighted by molar-refractivity contribution is -0.0478. The Balaban J connectivity index is 1.39. The van der Waals surface area contributed by atoms with E-state index in [4.69, 9.17) is 14.5 Å². The van der Waals surface area contributed by atoms with Crippen molar-refractivity contribution in [2.75, 3.05) is 13.2 Å². The Bertz CT molecular complexity index is 389. The van der Waals surface area contributed by atoms with Crippen LogP contribution in [0.15, 0.2) is 4.99 Å². The predicted molar refractivity (Wildman–Crippen MR) is 99.6 cm³/mol. The Hall–Kier alpha value is -0.410. The Labute approximate surface area is 148 Å². The first-order chi connectivity index (χ1) is 11.9. The molecule has 0 radical (unpaired) electrons. The molecule has 1 saturated carbocycles. The van der Waals surface area contributed by atoms with Crippen LogP contribution in [0, 0.1) is 11.8 Å². The van der Waals surface area contributed by atoms with E-state index in [2.05, 4.69) is 6.92 Å². The number of hydrogen-bond acceptors (Lipinski definition) is 3. The summed E-state index contributed by atoms with van der Waals surface area (Å²) in [7, 11) is 0. The molecule has 2 heterocycles. The summed E-state index contributed by atoms with van der Waals surface area (Å²) in [4.78, 5) is 5.21. The maximum atomic E-state index is 5.52. The lowest BCUT2D eigenvalue weighted by Crippen LogP contribution is -2.35. The number of unbranched alkanes of at least 4 members (excludes halogenated alkanes) is 3. The van der Waals surface area contributed by atoms with Gasteiger partial charge in [0.2, 0.25) is 0 Å². The lowest BCUT2D eigenvalue weighted by Gasteiger charge is -2.39. The van der Waals surface area contributed by atoms with Crippen LogP contribution in [0.3, 0.4) is 0 Å². The molecule has 0 spiro atoms. The van der Waals surface area contributed by atoms with Crippen molar-refractivity contribution in [3.8, 4) is 0 Å². The molecule has 3 heteroatoms. The topological polar surface area (TPSA) is 30.8 Å². The van der Waals surface area contributed by atoms with Crippen molar-refractivity contribution in [3.05, 3.63) is 0 Å². The van der Waals surface area contributed by atoms with E-state index in [-0.39, 0.29) is 6.29 Å². The maximum Gasteiger partial charge on any atom is 0.157 e. The SMILES string of the molecule is CCCCC[C@@H]1CCCC2N=C(CCCCC3OCCO3)CCC21. The van der Waals surface area contributed by atoms with Gasteiger partial charge in [0.05, 0.1) is 19.3 Å². The standard InChI is InChI=1S/C21H37NO2/c1-2-3-4-8-17-9-7-11-20-19(17)14-13-18(22-20)10-5-6-12-21-23-15-16-24-21/h17,19-21H,2-16H2,1H3/t17-,19?,20?/m1/s1. The predicted octanol–water partition coefficient (Wildman–Crippen LogP) is 5.52. The molecule has 1 aliphatic carbocycles. The highest BCUT2D eigenvalue weighted by Crippen LogP contribution is 2.40. The molecule has 3 rings (SSSR count). The fourth-order valence-corrected chi connectivity index (χ4v) is 4.97. The van der Waals surface area contributed by atoms with E-state index in [1.807, 2.05) is 0 Å². The van der Waals surface area contributed by atoms with Crippen LogP contribution in [0.25, 0.3) is 0 Å². The second kappa shape index (κ2) is 9.91. The second-order valence-electron chi connectivity index (χ2n) is 8.07. The van der Waals surface area contributed by atoms with Crippen molar-refractivity contribution in [1.82, 2.24) is 0 Å². The molecule has 24 heavy (non-hydrogen) atoms. The van der Waals surface area contributed by atoms with Crippen LogP contribution in [0.4, 0.5) is 0 Å². The van der Waals surface area contributed by atoms with Crippen LogP contribution in [-0.4, -0.2) is 31.3 Å². The Morgan fingerprint density at radius 2 is 1.79 bits per heavy atom. The summed E-state index contributed by atoms with van der Waals surface area (Å²) >= 11 is 0. The van der Waals surface area contributed by atoms with E-state index < -0.39 is 0 Å². The van der Waals surface area contributed by atoms with Gasteiger partial charge in [-0.15, -0.1) is 0 Å². The summed E-state index contributed by atoms with van der Waals surface area (Å²) in [5.41, 5.74) is 1.51.